The number of carbonyl (C=O) groups excluding carboxylic acids is 3. The number of carboxylic acids is 1. The molecule has 2 aliphatic rings. The predicted molar refractivity (Wildman–Crippen MR) is 147 cm³/mol. The van der Waals surface area contributed by atoms with E-state index in [9.17, 15) is 24.3 Å². The number of carbonyl (C=O) groups is 4. The van der Waals surface area contributed by atoms with Crippen LogP contribution >= 0.6 is 0 Å². The largest absolute Gasteiger partial charge is 0.481 e. The van der Waals surface area contributed by atoms with Crippen LogP contribution in [0.5, 0.6) is 5.88 Å². The van der Waals surface area contributed by atoms with Crippen LogP contribution < -0.4 is 10.1 Å². The maximum Gasteiger partial charge on any atom is 0.303 e. The van der Waals surface area contributed by atoms with E-state index in [1.54, 1.807) is 9.80 Å². The monoisotopic (exact) mass is 551 g/mol. The molecule has 11 heteroatoms. The third-order valence-electron chi connectivity index (χ3n) is 7.22. The Labute approximate surface area is 233 Å². The first-order chi connectivity index (χ1) is 19.3. The van der Waals surface area contributed by atoms with E-state index >= 15 is 0 Å². The fraction of sp³-hybridized carbons (Fsp3) is 0.517. The number of benzene rings is 1. The molecule has 0 radical (unpaired) electrons. The molecule has 2 fully saturated rings. The maximum absolute atomic E-state index is 13.4. The summed E-state index contributed by atoms with van der Waals surface area (Å²) in [5.74, 6) is -1.40. The lowest BCUT2D eigenvalue weighted by Gasteiger charge is -2.36. The molecule has 3 amide bonds. The third kappa shape index (κ3) is 7.77. The molecule has 11 nitrogen and oxygen atoms in total. The summed E-state index contributed by atoms with van der Waals surface area (Å²) in [6.45, 7) is 3.38. The molecule has 1 unspecified atom stereocenters. The number of amides is 3. The lowest BCUT2D eigenvalue weighted by Crippen LogP contribution is -2.56. The lowest BCUT2D eigenvalue weighted by molar-refractivity contribution is -0.141. The zero-order valence-corrected chi connectivity index (χ0v) is 22.9. The Balaban J connectivity index is 1.52. The zero-order chi connectivity index (χ0) is 28.5. The van der Waals surface area contributed by atoms with Crippen LogP contribution in [0.2, 0.25) is 0 Å². The number of carboxylic acid groups (broad SMARTS) is 1. The first kappa shape index (κ1) is 29.0. The van der Waals surface area contributed by atoms with E-state index in [0.29, 0.717) is 44.0 Å². The van der Waals surface area contributed by atoms with Crippen molar-refractivity contribution < 1.29 is 29.0 Å². The molecule has 4 rings (SSSR count). The number of piperazine rings is 1. The van der Waals surface area contributed by atoms with Crippen molar-refractivity contribution in [3.05, 3.63) is 42.1 Å². The summed E-state index contributed by atoms with van der Waals surface area (Å²) in [7, 11) is 0. The van der Waals surface area contributed by atoms with Gasteiger partial charge in [-0.15, -0.1) is 0 Å². The highest BCUT2D eigenvalue weighted by Gasteiger charge is 2.31. The first-order valence-electron chi connectivity index (χ1n) is 14.0. The van der Waals surface area contributed by atoms with Crippen molar-refractivity contribution in [3.8, 4) is 17.3 Å². The van der Waals surface area contributed by atoms with Crippen molar-refractivity contribution in [2.24, 2.45) is 0 Å². The van der Waals surface area contributed by atoms with Gasteiger partial charge in [0.15, 0.2) is 5.82 Å². The Morgan fingerprint density at radius 1 is 1.00 bits per heavy atom. The van der Waals surface area contributed by atoms with Crippen LogP contribution in [-0.2, 0) is 14.4 Å². The summed E-state index contributed by atoms with van der Waals surface area (Å²) in [6.07, 6.45) is 4.83. The molecule has 1 aromatic carbocycles. The smallest absolute Gasteiger partial charge is 0.303 e. The van der Waals surface area contributed by atoms with Crippen LogP contribution in [0.25, 0.3) is 11.4 Å². The van der Waals surface area contributed by atoms with Gasteiger partial charge >= 0.3 is 5.97 Å². The van der Waals surface area contributed by atoms with Gasteiger partial charge in [0.1, 0.15) is 17.8 Å². The molecular formula is C29H37N5O6. The Morgan fingerprint density at radius 3 is 2.33 bits per heavy atom. The predicted octanol–water partition coefficient (Wildman–Crippen LogP) is 2.90. The Hall–Kier alpha value is -4.02. The third-order valence-corrected chi connectivity index (χ3v) is 7.22. The van der Waals surface area contributed by atoms with Gasteiger partial charge in [0.25, 0.3) is 5.91 Å². The summed E-state index contributed by atoms with van der Waals surface area (Å²) in [6, 6.07) is 9.64. The topological polar surface area (TPSA) is 142 Å². The zero-order valence-electron chi connectivity index (χ0n) is 22.9. The summed E-state index contributed by atoms with van der Waals surface area (Å²) in [5.41, 5.74) is 0.743. The average molecular weight is 552 g/mol. The molecule has 1 aliphatic carbocycles. The number of hydrogen-bond donors (Lipinski definition) is 2. The second-order valence-corrected chi connectivity index (χ2v) is 10.2. The van der Waals surface area contributed by atoms with E-state index in [1.807, 2.05) is 37.3 Å². The average Bonchev–Trinajstić information content (AvgIpc) is 3.48. The molecule has 1 aromatic heterocycles. The summed E-state index contributed by atoms with van der Waals surface area (Å²) >= 11 is 0. The molecule has 0 bridgehead atoms. The molecule has 40 heavy (non-hydrogen) atoms. The SMILES string of the molecule is CCCC(=O)N1CCN(C(=O)C(CCC(=O)O)NC(=O)c2cc(OC3CCCC3)nc(-c3ccccc3)n2)CC1. The van der Waals surface area contributed by atoms with E-state index in [4.69, 9.17) is 4.74 Å². The molecule has 1 saturated heterocycles. The van der Waals surface area contributed by atoms with E-state index in [-0.39, 0.29) is 42.3 Å². The number of hydrogen-bond acceptors (Lipinski definition) is 7. The highest BCUT2D eigenvalue weighted by atomic mass is 16.5. The van der Waals surface area contributed by atoms with Crippen LogP contribution in [0.15, 0.2) is 36.4 Å². The Bertz CT molecular complexity index is 1190. The van der Waals surface area contributed by atoms with Crippen molar-refractivity contribution in [2.45, 2.75) is 70.4 Å². The minimum Gasteiger partial charge on any atom is -0.481 e. The van der Waals surface area contributed by atoms with Crippen molar-refractivity contribution in [1.29, 1.82) is 0 Å². The molecule has 1 saturated carbocycles. The Kier molecular flexibility index (Phi) is 10.0. The number of rotatable bonds is 11. The van der Waals surface area contributed by atoms with Gasteiger partial charge in [-0.05, 0) is 38.5 Å². The fourth-order valence-electron chi connectivity index (χ4n) is 5.02. The van der Waals surface area contributed by atoms with Crippen molar-refractivity contribution >= 4 is 23.7 Å². The van der Waals surface area contributed by atoms with Gasteiger partial charge < -0.3 is 25.0 Å². The summed E-state index contributed by atoms with van der Waals surface area (Å²) in [4.78, 5) is 62.7. The van der Waals surface area contributed by atoms with E-state index in [2.05, 4.69) is 15.3 Å². The maximum atomic E-state index is 13.4. The highest BCUT2D eigenvalue weighted by Crippen LogP contribution is 2.25. The molecule has 2 heterocycles. The Morgan fingerprint density at radius 2 is 1.68 bits per heavy atom. The normalized spacial score (nSPS) is 16.4. The standard InChI is InChI=1S/C29H37N5O6/c1-2-8-25(35)33-15-17-34(18-16-33)29(39)22(13-14-26(36)37)31-28(38)23-19-24(40-21-11-6-7-12-21)32-27(30-23)20-9-4-3-5-10-20/h3-5,9-10,19,21-22H,2,6-8,11-18H2,1H3,(H,31,38)(H,36,37). The van der Waals surface area contributed by atoms with E-state index in [0.717, 1.165) is 32.1 Å². The quantitative estimate of drug-likeness (QED) is 0.434. The van der Waals surface area contributed by atoms with Gasteiger partial charge in [0, 0.05) is 50.7 Å². The molecule has 0 spiro atoms. The van der Waals surface area contributed by atoms with Crippen LogP contribution in [0.1, 0.15) is 68.8 Å². The van der Waals surface area contributed by atoms with Crippen LogP contribution in [0.3, 0.4) is 0 Å². The molecule has 1 aliphatic heterocycles. The fourth-order valence-corrected chi connectivity index (χ4v) is 5.02. The lowest BCUT2D eigenvalue weighted by atomic mass is 10.1. The molecule has 2 aromatic rings. The number of aromatic nitrogens is 2. The van der Waals surface area contributed by atoms with Crippen LogP contribution in [0, 0.1) is 0 Å². The van der Waals surface area contributed by atoms with Crippen LogP contribution in [0.4, 0.5) is 0 Å². The minimum atomic E-state index is -1.07. The second kappa shape index (κ2) is 13.9. The van der Waals surface area contributed by atoms with Crippen molar-refractivity contribution in [2.75, 3.05) is 26.2 Å². The summed E-state index contributed by atoms with van der Waals surface area (Å²) in [5, 5.41) is 12.0. The minimum absolute atomic E-state index is 0.0159. The van der Waals surface area contributed by atoms with Crippen molar-refractivity contribution in [3.63, 3.8) is 0 Å². The molecule has 1 atom stereocenters. The number of nitrogens with one attached hydrogen (secondary N) is 1. The number of aliphatic carboxylic acids is 1. The van der Waals surface area contributed by atoms with Gasteiger partial charge in [-0.1, -0.05) is 37.3 Å². The van der Waals surface area contributed by atoms with Gasteiger partial charge in [0.2, 0.25) is 17.7 Å². The van der Waals surface area contributed by atoms with Gasteiger partial charge in [-0.2, -0.15) is 4.98 Å². The first-order valence-corrected chi connectivity index (χ1v) is 14.0. The molecular weight excluding hydrogens is 514 g/mol. The number of nitrogens with zero attached hydrogens (tertiary/aromatic N) is 4. The van der Waals surface area contributed by atoms with Gasteiger partial charge in [-0.25, -0.2) is 4.98 Å². The van der Waals surface area contributed by atoms with Crippen molar-refractivity contribution in [1.82, 2.24) is 25.1 Å². The van der Waals surface area contributed by atoms with Crippen LogP contribution in [-0.4, -0.2) is 86.9 Å². The van der Waals surface area contributed by atoms with E-state index in [1.165, 1.54) is 6.07 Å². The number of ether oxygens (including phenoxy) is 1. The molecule has 2 N–H and O–H groups in total. The van der Waals surface area contributed by atoms with E-state index < -0.39 is 17.9 Å². The highest BCUT2D eigenvalue weighted by molar-refractivity contribution is 5.96. The summed E-state index contributed by atoms with van der Waals surface area (Å²) < 4.78 is 6.09. The van der Waals surface area contributed by atoms with Gasteiger partial charge in [-0.3, -0.25) is 19.2 Å². The molecule has 214 valence electrons. The second-order valence-electron chi connectivity index (χ2n) is 10.2. The van der Waals surface area contributed by atoms with Gasteiger partial charge in [0.05, 0.1) is 0 Å².